The van der Waals surface area contributed by atoms with E-state index in [9.17, 15) is 9.59 Å². The first-order valence-corrected chi connectivity index (χ1v) is 9.28. The van der Waals surface area contributed by atoms with Crippen LogP contribution >= 0.6 is 22.7 Å². The lowest BCUT2D eigenvalue weighted by atomic mass is 10.2. The minimum Gasteiger partial charge on any atom is -0.336 e. The summed E-state index contributed by atoms with van der Waals surface area (Å²) in [5.41, 5.74) is 1.09. The molecule has 0 saturated heterocycles. The Bertz CT molecular complexity index is 897. The Morgan fingerprint density at radius 1 is 1.33 bits per heavy atom. The number of amides is 1. The number of thiophene rings is 1. The number of carbonyl (C=O) groups excluding carboxylic acids is 1. The minimum absolute atomic E-state index is 0.162. The number of pyridine rings is 1. The minimum atomic E-state index is -0.180. The SMILES string of the molecule is CCn1ccc(C(=O)N(C)Cc2csc(-c3cccs3)n2)cc1=O. The first kappa shape index (κ1) is 16.6. The van der Waals surface area contributed by atoms with E-state index >= 15 is 0 Å². The molecule has 0 aliphatic carbocycles. The predicted octanol–water partition coefficient (Wildman–Crippen LogP) is 3.33. The number of carbonyl (C=O) groups is 1. The second kappa shape index (κ2) is 7.11. The van der Waals surface area contributed by atoms with E-state index in [4.69, 9.17) is 0 Å². The van der Waals surface area contributed by atoms with Crippen LogP contribution in [0.25, 0.3) is 9.88 Å². The molecule has 5 nitrogen and oxygen atoms in total. The lowest BCUT2D eigenvalue weighted by Gasteiger charge is -2.16. The van der Waals surface area contributed by atoms with E-state index in [0.717, 1.165) is 15.6 Å². The maximum Gasteiger partial charge on any atom is 0.254 e. The highest BCUT2D eigenvalue weighted by Gasteiger charge is 2.15. The lowest BCUT2D eigenvalue weighted by Crippen LogP contribution is -2.28. The summed E-state index contributed by atoms with van der Waals surface area (Å²) in [6.45, 7) is 2.90. The molecule has 0 saturated carbocycles. The van der Waals surface area contributed by atoms with Gasteiger partial charge in [-0.25, -0.2) is 4.98 Å². The van der Waals surface area contributed by atoms with Crippen molar-refractivity contribution in [3.05, 3.63) is 62.8 Å². The Morgan fingerprint density at radius 3 is 2.83 bits per heavy atom. The maximum absolute atomic E-state index is 12.5. The van der Waals surface area contributed by atoms with Gasteiger partial charge in [-0.05, 0) is 24.4 Å². The molecule has 0 fully saturated rings. The number of thiazole rings is 1. The Balaban J connectivity index is 1.72. The van der Waals surface area contributed by atoms with E-state index in [1.165, 1.54) is 6.07 Å². The zero-order valence-electron chi connectivity index (χ0n) is 13.4. The van der Waals surface area contributed by atoms with E-state index in [-0.39, 0.29) is 11.5 Å². The highest BCUT2D eigenvalue weighted by atomic mass is 32.1. The van der Waals surface area contributed by atoms with Crippen LogP contribution in [0.15, 0.2) is 46.0 Å². The summed E-state index contributed by atoms with van der Waals surface area (Å²) >= 11 is 3.22. The van der Waals surface area contributed by atoms with Crippen molar-refractivity contribution in [2.45, 2.75) is 20.0 Å². The van der Waals surface area contributed by atoms with Crippen LogP contribution in [0.5, 0.6) is 0 Å². The van der Waals surface area contributed by atoms with Crippen LogP contribution < -0.4 is 5.56 Å². The molecule has 0 atom stereocenters. The third kappa shape index (κ3) is 3.47. The van der Waals surface area contributed by atoms with Crippen molar-refractivity contribution < 1.29 is 4.79 Å². The predicted molar refractivity (Wildman–Crippen MR) is 97.6 cm³/mol. The molecule has 3 rings (SSSR count). The Labute approximate surface area is 147 Å². The summed E-state index contributed by atoms with van der Waals surface area (Å²) in [5.74, 6) is -0.180. The summed E-state index contributed by atoms with van der Waals surface area (Å²) in [6.07, 6.45) is 1.65. The van der Waals surface area contributed by atoms with E-state index in [1.54, 1.807) is 51.5 Å². The van der Waals surface area contributed by atoms with E-state index in [1.807, 2.05) is 29.8 Å². The molecule has 0 aromatic carbocycles. The molecule has 0 spiro atoms. The van der Waals surface area contributed by atoms with Crippen molar-refractivity contribution in [1.82, 2.24) is 14.5 Å². The van der Waals surface area contributed by atoms with Gasteiger partial charge in [-0.15, -0.1) is 22.7 Å². The summed E-state index contributed by atoms with van der Waals surface area (Å²) in [5, 5.41) is 4.95. The average molecular weight is 359 g/mol. The summed E-state index contributed by atoms with van der Waals surface area (Å²) < 4.78 is 1.56. The van der Waals surface area contributed by atoms with Gasteiger partial charge in [0, 0.05) is 36.8 Å². The zero-order valence-corrected chi connectivity index (χ0v) is 15.1. The van der Waals surface area contributed by atoms with Gasteiger partial charge in [-0.3, -0.25) is 9.59 Å². The molecule has 0 bridgehead atoms. The second-order valence-corrected chi connectivity index (χ2v) is 7.13. The molecular formula is C17H17N3O2S2. The highest BCUT2D eigenvalue weighted by Crippen LogP contribution is 2.28. The lowest BCUT2D eigenvalue weighted by molar-refractivity contribution is 0.0783. The monoisotopic (exact) mass is 359 g/mol. The van der Waals surface area contributed by atoms with Crippen LogP contribution in [0, 0.1) is 0 Å². The zero-order chi connectivity index (χ0) is 17.1. The largest absolute Gasteiger partial charge is 0.336 e. The number of aromatic nitrogens is 2. The first-order valence-electron chi connectivity index (χ1n) is 7.52. The van der Waals surface area contributed by atoms with Gasteiger partial charge in [0.1, 0.15) is 5.01 Å². The van der Waals surface area contributed by atoms with Gasteiger partial charge >= 0.3 is 0 Å². The number of rotatable bonds is 5. The molecular weight excluding hydrogens is 342 g/mol. The van der Waals surface area contributed by atoms with Crippen LogP contribution in [-0.2, 0) is 13.1 Å². The van der Waals surface area contributed by atoms with Crippen molar-refractivity contribution in [3.8, 4) is 9.88 Å². The highest BCUT2D eigenvalue weighted by molar-refractivity contribution is 7.20. The number of hydrogen-bond acceptors (Lipinski definition) is 5. The third-order valence-corrected chi connectivity index (χ3v) is 5.54. The topological polar surface area (TPSA) is 55.2 Å². The Hall–Kier alpha value is -2.25. The summed E-state index contributed by atoms with van der Waals surface area (Å²) in [4.78, 5) is 31.7. The number of hydrogen-bond donors (Lipinski definition) is 0. The molecule has 0 aliphatic rings. The molecule has 1 amide bonds. The summed E-state index contributed by atoms with van der Waals surface area (Å²) in [6, 6.07) is 7.10. The van der Waals surface area contributed by atoms with Crippen molar-refractivity contribution >= 4 is 28.6 Å². The van der Waals surface area contributed by atoms with Gasteiger partial charge in [0.05, 0.1) is 17.1 Å². The Kier molecular flexibility index (Phi) is 4.92. The van der Waals surface area contributed by atoms with E-state index in [0.29, 0.717) is 18.7 Å². The molecule has 3 aromatic rings. The fourth-order valence-corrected chi connectivity index (χ4v) is 3.96. The van der Waals surface area contributed by atoms with Gasteiger partial charge in [0.25, 0.3) is 11.5 Å². The quantitative estimate of drug-likeness (QED) is 0.702. The molecule has 0 radical (unpaired) electrons. The van der Waals surface area contributed by atoms with Gasteiger partial charge in [-0.2, -0.15) is 0 Å². The molecule has 3 aromatic heterocycles. The van der Waals surface area contributed by atoms with Gasteiger partial charge in [-0.1, -0.05) is 6.07 Å². The fourth-order valence-electron chi connectivity index (χ4n) is 2.33. The molecule has 7 heteroatoms. The van der Waals surface area contributed by atoms with E-state index in [2.05, 4.69) is 4.98 Å². The molecule has 124 valence electrons. The number of nitrogens with zero attached hydrogens (tertiary/aromatic N) is 3. The number of aryl methyl sites for hydroxylation is 1. The fraction of sp³-hybridized carbons (Fsp3) is 0.235. The normalized spacial score (nSPS) is 10.8. The van der Waals surface area contributed by atoms with Gasteiger partial charge in [0.2, 0.25) is 0 Å². The molecule has 0 N–H and O–H groups in total. The smallest absolute Gasteiger partial charge is 0.254 e. The van der Waals surface area contributed by atoms with Crippen molar-refractivity contribution in [2.75, 3.05) is 7.05 Å². The molecule has 0 aliphatic heterocycles. The van der Waals surface area contributed by atoms with Crippen LogP contribution in [0.2, 0.25) is 0 Å². The average Bonchev–Trinajstić information content (AvgIpc) is 3.25. The van der Waals surface area contributed by atoms with E-state index < -0.39 is 0 Å². The van der Waals surface area contributed by atoms with Crippen molar-refractivity contribution in [3.63, 3.8) is 0 Å². The van der Waals surface area contributed by atoms with Gasteiger partial charge in [0.15, 0.2) is 0 Å². The van der Waals surface area contributed by atoms with Crippen LogP contribution in [0.3, 0.4) is 0 Å². The Morgan fingerprint density at radius 2 is 2.17 bits per heavy atom. The van der Waals surface area contributed by atoms with Crippen LogP contribution in [0.1, 0.15) is 23.0 Å². The second-order valence-electron chi connectivity index (χ2n) is 5.32. The van der Waals surface area contributed by atoms with Crippen LogP contribution in [0.4, 0.5) is 0 Å². The standard InChI is InChI=1S/C17H17N3O2S2/c1-3-20-7-6-12(9-15(20)21)17(22)19(2)10-13-11-24-16(18-13)14-5-4-8-23-14/h4-9,11H,3,10H2,1-2H3. The van der Waals surface area contributed by atoms with Crippen molar-refractivity contribution in [1.29, 1.82) is 0 Å². The molecule has 3 heterocycles. The molecule has 0 unspecified atom stereocenters. The first-order chi connectivity index (χ1) is 11.6. The maximum atomic E-state index is 12.5. The molecule has 24 heavy (non-hydrogen) atoms. The summed E-state index contributed by atoms with van der Waals surface area (Å²) in [7, 11) is 1.72. The van der Waals surface area contributed by atoms with Gasteiger partial charge < -0.3 is 9.47 Å². The van der Waals surface area contributed by atoms with Crippen molar-refractivity contribution in [2.24, 2.45) is 0 Å². The third-order valence-electron chi connectivity index (χ3n) is 3.61. The van der Waals surface area contributed by atoms with Crippen LogP contribution in [-0.4, -0.2) is 27.4 Å².